The maximum Gasteiger partial charge on any atom is 0.129 e. The van der Waals surface area contributed by atoms with Gasteiger partial charge in [-0.2, -0.15) is 0 Å². The molecule has 0 aromatic heterocycles. The van der Waals surface area contributed by atoms with Crippen LogP contribution in [0, 0.1) is 23.3 Å². The van der Waals surface area contributed by atoms with Crippen LogP contribution in [-0.2, 0) is 0 Å². The van der Waals surface area contributed by atoms with E-state index in [1.54, 1.807) is 6.92 Å². The first-order chi connectivity index (χ1) is 9.87. The SMILES string of the molecule is CC(O)C#CC(/C=C\C#C[Si](C)(C)C)=C/c1ccccc1. The average molecular weight is 294 g/mol. The summed E-state index contributed by atoms with van der Waals surface area (Å²) in [6.45, 7) is 8.28. The van der Waals surface area contributed by atoms with Crippen molar-refractivity contribution in [2.45, 2.75) is 32.7 Å². The predicted octanol–water partition coefficient (Wildman–Crippen LogP) is 3.89. The highest BCUT2D eigenvalue weighted by Crippen LogP contribution is 2.07. The molecule has 0 amide bonds. The zero-order chi connectivity index (χ0) is 15.7. The smallest absolute Gasteiger partial charge is 0.129 e. The van der Waals surface area contributed by atoms with Crippen molar-refractivity contribution >= 4 is 14.1 Å². The highest BCUT2D eigenvalue weighted by atomic mass is 28.3. The molecule has 108 valence electrons. The van der Waals surface area contributed by atoms with Crippen molar-refractivity contribution in [3.63, 3.8) is 0 Å². The first-order valence-electron chi connectivity index (χ1n) is 7.02. The van der Waals surface area contributed by atoms with Crippen molar-refractivity contribution in [1.82, 2.24) is 0 Å². The summed E-state index contributed by atoms with van der Waals surface area (Å²) in [5, 5.41) is 9.30. The van der Waals surface area contributed by atoms with Crippen molar-refractivity contribution in [1.29, 1.82) is 0 Å². The minimum Gasteiger partial charge on any atom is -0.381 e. The molecule has 0 spiro atoms. The number of aliphatic hydroxyl groups excluding tert-OH is 1. The van der Waals surface area contributed by atoms with Gasteiger partial charge in [-0.1, -0.05) is 67.7 Å². The number of aliphatic hydroxyl groups is 1. The van der Waals surface area contributed by atoms with Crippen molar-refractivity contribution in [3.05, 3.63) is 53.6 Å². The fourth-order valence-corrected chi connectivity index (χ4v) is 1.95. The molecule has 0 aliphatic carbocycles. The minimum absolute atomic E-state index is 0.634. The van der Waals surface area contributed by atoms with Gasteiger partial charge in [-0.25, -0.2) is 0 Å². The summed E-state index contributed by atoms with van der Waals surface area (Å²) in [5.41, 5.74) is 5.20. The van der Waals surface area contributed by atoms with E-state index in [9.17, 15) is 5.11 Å². The van der Waals surface area contributed by atoms with E-state index in [1.165, 1.54) is 0 Å². The van der Waals surface area contributed by atoms with Crippen LogP contribution in [0.3, 0.4) is 0 Å². The van der Waals surface area contributed by atoms with E-state index < -0.39 is 14.2 Å². The molecule has 0 aliphatic heterocycles. The summed E-state index contributed by atoms with van der Waals surface area (Å²) in [6.07, 6.45) is 5.09. The first kappa shape index (κ1) is 17.0. The number of benzene rings is 1. The Labute approximate surface area is 129 Å². The van der Waals surface area contributed by atoms with Gasteiger partial charge in [-0.3, -0.25) is 0 Å². The molecule has 0 fully saturated rings. The Morgan fingerprint density at radius 2 is 1.86 bits per heavy atom. The Balaban J connectivity index is 2.99. The standard InChI is InChI=1S/C19H22OSi/c1-17(20)13-14-19(12-8-9-15-21(2,3)4)16-18-10-6-5-7-11-18/h5-8,10-12,16-17,20H,1-4H3/b12-8-,19-16+. The van der Waals surface area contributed by atoms with Crippen LogP contribution in [0.4, 0.5) is 0 Å². The van der Waals surface area contributed by atoms with Crippen molar-refractivity contribution < 1.29 is 5.11 Å². The third-order valence-corrected chi connectivity index (χ3v) is 3.23. The quantitative estimate of drug-likeness (QED) is 0.498. The Bertz CT molecular complexity index is 623. The Hall–Kier alpha value is -2.00. The normalized spacial score (nSPS) is 13.1. The summed E-state index contributed by atoms with van der Waals surface area (Å²) in [4.78, 5) is 0. The average Bonchev–Trinajstić information content (AvgIpc) is 2.40. The first-order valence-corrected chi connectivity index (χ1v) is 10.5. The maximum absolute atomic E-state index is 9.30. The second kappa shape index (κ2) is 8.32. The molecule has 21 heavy (non-hydrogen) atoms. The fourth-order valence-electron chi connectivity index (χ4n) is 1.43. The van der Waals surface area contributed by atoms with Gasteiger partial charge in [0.15, 0.2) is 0 Å². The third-order valence-electron chi connectivity index (χ3n) is 2.34. The minimum atomic E-state index is -1.35. The molecule has 1 unspecified atom stereocenters. The molecule has 0 radical (unpaired) electrons. The molecule has 1 rings (SSSR count). The van der Waals surface area contributed by atoms with E-state index >= 15 is 0 Å². The molecule has 0 bridgehead atoms. The molecule has 1 aromatic rings. The maximum atomic E-state index is 9.30. The highest BCUT2D eigenvalue weighted by molar-refractivity contribution is 6.83. The molecule has 0 saturated carbocycles. The lowest BCUT2D eigenvalue weighted by atomic mass is 10.1. The van der Waals surface area contributed by atoms with Crippen LogP contribution in [0.2, 0.25) is 19.6 Å². The molecule has 1 nitrogen and oxygen atoms in total. The lowest BCUT2D eigenvalue weighted by Crippen LogP contribution is -2.16. The molecular formula is C19H22OSi. The van der Waals surface area contributed by atoms with Crippen molar-refractivity contribution in [3.8, 4) is 23.3 Å². The van der Waals surface area contributed by atoms with E-state index in [4.69, 9.17) is 0 Å². The Morgan fingerprint density at radius 1 is 1.19 bits per heavy atom. The Morgan fingerprint density at radius 3 is 2.43 bits per heavy atom. The summed E-state index contributed by atoms with van der Waals surface area (Å²) in [6, 6.07) is 9.99. The number of hydrogen-bond acceptors (Lipinski definition) is 1. The van der Waals surface area contributed by atoms with Gasteiger partial charge in [-0.05, 0) is 30.7 Å². The van der Waals surface area contributed by atoms with Gasteiger partial charge in [0, 0.05) is 5.57 Å². The molecule has 0 aliphatic rings. The largest absolute Gasteiger partial charge is 0.381 e. The summed E-state index contributed by atoms with van der Waals surface area (Å²) >= 11 is 0. The third kappa shape index (κ3) is 8.71. The van der Waals surface area contributed by atoms with E-state index in [0.29, 0.717) is 0 Å². The van der Waals surface area contributed by atoms with Crippen LogP contribution in [0.5, 0.6) is 0 Å². The highest BCUT2D eigenvalue weighted by Gasteiger charge is 2.06. The van der Waals surface area contributed by atoms with Crippen LogP contribution in [0.1, 0.15) is 12.5 Å². The van der Waals surface area contributed by atoms with E-state index in [2.05, 4.69) is 42.9 Å². The van der Waals surface area contributed by atoms with E-state index in [0.717, 1.165) is 11.1 Å². The number of allylic oxidation sites excluding steroid dienone is 3. The van der Waals surface area contributed by atoms with Crippen molar-refractivity contribution in [2.75, 3.05) is 0 Å². The van der Waals surface area contributed by atoms with Gasteiger partial charge in [0.2, 0.25) is 0 Å². The van der Waals surface area contributed by atoms with Gasteiger partial charge in [0.1, 0.15) is 14.2 Å². The predicted molar refractivity (Wildman–Crippen MR) is 94.1 cm³/mol. The van der Waals surface area contributed by atoms with Gasteiger partial charge in [-0.15, -0.1) is 5.54 Å². The zero-order valence-corrected chi connectivity index (χ0v) is 14.1. The summed E-state index contributed by atoms with van der Waals surface area (Å²) in [7, 11) is -1.35. The summed E-state index contributed by atoms with van der Waals surface area (Å²) in [5.74, 6) is 8.84. The van der Waals surface area contributed by atoms with Gasteiger partial charge < -0.3 is 5.11 Å². The molecule has 1 aromatic carbocycles. The zero-order valence-electron chi connectivity index (χ0n) is 13.1. The van der Waals surface area contributed by atoms with Crippen LogP contribution >= 0.6 is 0 Å². The van der Waals surface area contributed by atoms with Gasteiger partial charge >= 0.3 is 0 Å². The number of hydrogen-bond donors (Lipinski definition) is 1. The van der Waals surface area contributed by atoms with Gasteiger partial charge in [0.05, 0.1) is 0 Å². The summed E-state index contributed by atoms with van der Waals surface area (Å²) < 4.78 is 0. The molecule has 0 saturated heterocycles. The lowest BCUT2D eigenvalue weighted by molar-refractivity contribution is 0.253. The molecule has 1 atom stereocenters. The van der Waals surface area contributed by atoms with Crippen molar-refractivity contribution in [2.24, 2.45) is 0 Å². The second-order valence-corrected chi connectivity index (χ2v) is 10.6. The Kier molecular flexibility index (Phi) is 6.76. The van der Waals surface area contributed by atoms with Gasteiger partial charge in [0.25, 0.3) is 0 Å². The van der Waals surface area contributed by atoms with Crippen LogP contribution in [-0.4, -0.2) is 19.3 Å². The van der Waals surface area contributed by atoms with Crippen LogP contribution < -0.4 is 0 Å². The lowest BCUT2D eigenvalue weighted by Gasteiger charge is -2.02. The van der Waals surface area contributed by atoms with Crippen LogP contribution in [0.25, 0.3) is 6.08 Å². The topological polar surface area (TPSA) is 20.2 Å². The van der Waals surface area contributed by atoms with E-state index in [-0.39, 0.29) is 0 Å². The molecular weight excluding hydrogens is 272 g/mol. The molecule has 1 N–H and O–H groups in total. The molecule has 2 heteroatoms. The number of rotatable bonds is 2. The van der Waals surface area contributed by atoms with E-state index in [1.807, 2.05) is 48.6 Å². The second-order valence-electron chi connectivity index (χ2n) is 5.81. The van der Waals surface area contributed by atoms with Crippen LogP contribution in [0.15, 0.2) is 48.1 Å². The fraction of sp³-hybridized carbons (Fsp3) is 0.263. The molecule has 0 heterocycles. The monoisotopic (exact) mass is 294 g/mol.